The van der Waals surface area contributed by atoms with Crippen molar-refractivity contribution in [3.05, 3.63) is 50.2 Å². The third kappa shape index (κ3) is 4.59. The van der Waals surface area contributed by atoms with E-state index in [2.05, 4.69) is 51.2 Å². The van der Waals surface area contributed by atoms with Gasteiger partial charge in [0.2, 0.25) is 11.6 Å². The van der Waals surface area contributed by atoms with E-state index in [1.165, 1.54) is 31.2 Å². The summed E-state index contributed by atoms with van der Waals surface area (Å²) in [6, 6.07) is 5.22. The summed E-state index contributed by atoms with van der Waals surface area (Å²) in [4.78, 5) is 34.0. The monoisotopic (exact) mass is 484 g/mol. The number of nitrogens with zero attached hydrogens (tertiary/aromatic N) is 12. The minimum absolute atomic E-state index is 0.0663. The zero-order chi connectivity index (χ0) is 25.1. The zero-order valence-corrected chi connectivity index (χ0v) is 17.4. The fraction of sp³-hybridized carbons (Fsp3) is 0.133. The number of benzene rings is 1. The largest absolute Gasteiger partial charge is 0.514 e. The van der Waals surface area contributed by atoms with Crippen molar-refractivity contribution < 1.29 is 19.3 Å². The van der Waals surface area contributed by atoms with Crippen LogP contribution in [0.25, 0.3) is 17.1 Å². The van der Waals surface area contributed by atoms with Gasteiger partial charge in [0.1, 0.15) is 12.2 Å². The number of tetrazole rings is 1. The minimum atomic E-state index is -0.809. The molecular formula is C15H12N14O6. The van der Waals surface area contributed by atoms with Crippen molar-refractivity contribution in [2.24, 2.45) is 5.10 Å². The van der Waals surface area contributed by atoms with Crippen molar-refractivity contribution in [2.45, 2.75) is 13.5 Å². The lowest BCUT2D eigenvalue weighted by Crippen LogP contribution is -2.22. The van der Waals surface area contributed by atoms with Crippen molar-refractivity contribution in [3.8, 4) is 17.1 Å². The van der Waals surface area contributed by atoms with Crippen LogP contribution < -0.4 is 11.2 Å². The SMILES string of the molecule is C/C(Cn1nnc([N+](=O)[O-])n1)=N/NC(=O)c1nnn(-c2nonc2N)c1-c1ccc([N+](=O)[O-])cc1. The van der Waals surface area contributed by atoms with Crippen LogP contribution in [0.3, 0.4) is 0 Å². The van der Waals surface area contributed by atoms with Gasteiger partial charge in [-0.25, -0.2) is 10.1 Å². The van der Waals surface area contributed by atoms with E-state index < -0.39 is 21.7 Å². The maximum Gasteiger partial charge on any atom is 0.514 e. The number of hydrogen-bond acceptors (Lipinski definition) is 15. The Labute approximate surface area is 191 Å². The van der Waals surface area contributed by atoms with Crippen LogP contribution in [0, 0.1) is 20.2 Å². The van der Waals surface area contributed by atoms with Crippen LogP contribution >= 0.6 is 0 Å². The molecule has 20 nitrogen and oxygen atoms in total. The maximum absolute atomic E-state index is 12.9. The predicted octanol–water partition coefficient (Wildman–Crippen LogP) is -0.492. The fourth-order valence-electron chi connectivity index (χ4n) is 2.73. The van der Waals surface area contributed by atoms with Gasteiger partial charge in [-0.3, -0.25) is 14.9 Å². The summed E-state index contributed by atoms with van der Waals surface area (Å²) in [5.74, 6) is -1.71. The summed E-state index contributed by atoms with van der Waals surface area (Å²) in [5, 5.41) is 50.7. The summed E-state index contributed by atoms with van der Waals surface area (Å²) in [6.45, 7) is 1.40. The number of nitrogens with one attached hydrogen (secondary N) is 1. The molecule has 0 aliphatic rings. The fourth-order valence-corrected chi connectivity index (χ4v) is 2.73. The van der Waals surface area contributed by atoms with Crippen molar-refractivity contribution in [1.29, 1.82) is 0 Å². The molecular weight excluding hydrogens is 472 g/mol. The van der Waals surface area contributed by atoms with E-state index in [1.807, 2.05) is 0 Å². The number of hydrazone groups is 1. The van der Waals surface area contributed by atoms with Crippen LogP contribution in [0.1, 0.15) is 17.4 Å². The number of hydrogen-bond donors (Lipinski definition) is 2. The first-order chi connectivity index (χ1) is 16.7. The van der Waals surface area contributed by atoms with Gasteiger partial charge in [-0.1, -0.05) is 10.0 Å². The number of aromatic nitrogens is 9. The van der Waals surface area contributed by atoms with Gasteiger partial charge in [0, 0.05) is 22.9 Å². The Hall–Kier alpha value is -5.69. The van der Waals surface area contributed by atoms with Crippen molar-refractivity contribution in [3.63, 3.8) is 0 Å². The number of non-ortho nitro benzene ring substituents is 1. The number of nitro groups is 2. The third-order valence-electron chi connectivity index (χ3n) is 4.26. The van der Waals surface area contributed by atoms with Gasteiger partial charge in [0.25, 0.3) is 11.6 Å². The number of amides is 1. The Kier molecular flexibility index (Phi) is 5.82. The molecule has 0 aliphatic heterocycles. The van der Waals surface area contributed by atoms with Crippen LogP contribution in [0.4, 0.5) is 17.5 Å². The Balaban J connectivity index is 1.63. The second-order valence-corrected chi connectivity index (χ2v) is 6.64. The lowest BCUT2D eigenvalue weighted by atomic mass is 10.1. The number of carbonyl (C=O) groups excluding carboxylic acids is 1. The number of nitrogens with two attached hydrogens (primary N) is 1. The normalized spacial score (nSPS) is 11.4. The highest BCUT2D eigenvalue weighted by atomic mass is 16.6. The van der Waals surface area contributed by atoms with E-state index >= 15 is 0 Å². The number of nitro benzene ring substituents is 1. The Bertz CT molecular complexity index is 1450. The average Bonchev–Trinajstić information content (AvgIpc) is 3.57. The molecule has 0 atom stereocenters. The number of rotatable bonds is 8. The molecule has 0 saturated heterocycles. The second kappa shape index (κ2) is 9.05. The van der Waals surface area contributed by atoms with E-state index in [0.29, 0.717) is 5.56 Å². The van der Waals surface area contributed by atoms with Gasteiger partial charge in [-0.2, -0.15) is 9.78 Å². The zero-order valence-electron chi connectivity index (χ0n) is 17.4. The molecule has 4 aromatic rings. The minimum Gasteiger partial charge on any atom is -0.390 e. The van der Waals surface area contributed by atoms with Crippen LogP contribution in [-0.2, 0) is 6.54 Å². The summed E-state index contributed by atoms with van der Waals surface area (Å²) >= 11 is 0. The van der Waals surface area contributed by atoms with E-state index in [4.69, 9.17) is 5.73 Å². The van der Waals surface area contributed by atoms with Crippen molar-refractivity contribution in [1.82, 2.24) is 50.9 Å². The summed E-state index contributed by atoms with van der Waals surface area (Å²) in [7, 11) is 0. The smallest absolute Gasteiger partial charge is 0.390 e. The van der Waals surface area contributed by atoms with Gasteiger partial charge < -0.3 is 15.8 Å². The molecule has 20 heteroatoms. The highest BCUT2D eigenvalue weighted by Gasteiger charge is 2.26. The first kappa shape index (κ1) is 22.5. The summed E-state index contributed by atoms with van der Waals surface area (Å²) in [6.07, 6.45) is 0. The van der Waals surface area contributed by atoms with E-state index in [1.54, 1.807) is 0 Å². The lowest BCUT2D eigenvalue weighted by Gasteiger charge is -2.06. The topological polar surface area (TPSA) is 267 Å². The maximum atomic E-state index is 12.9. The van der Waals surface area contributed by atoms with Gasteiger partial charge in [0.05, 0.1) is 20.8 Å². The van der Waals surface area contributed by atoms with Crippen molar-refractivity contribution >= 4 is 29.1 Å². The third-order valence-corrected chi connectivity index (χ3v) is 4.26. The molecule has 1 amide bonds. The Morgan fingerprint density at radius 1 is 1.14 bits per heavy atom. The quantitative estimate of drug-likeness (QED) is 0.181. The van der Waals surface area contributed by atoms with Crippen LogP contribution in [0.5, 0.6) is 0 Å². The van der Waals surface area contributed by atoms with E-state index in [-0.39, 0.29) is 41.0 Å². The molecule has 0 saturated carbocycles. The van der Waals surface area contributed by atoms with Crippen LogP contribution in [0.2, 0.25) is 0 Å². The Morgan fingerprint density at radius 2 is 1.89 bits per heavy atom. The van der Waals surface area contributed by atoms with E-state index in [0.717, 1.165) is 9.48 Å². The standard InChI is InChI=1S/C15H12N14O6/c1-7(6-26-21-15(20-24-26)29(33)34)17-19-14(30)10-11(8-2-4-9(5-3-8)28(31)32)27(25-18-10)13-12(16)22-35-23-13/h2-5H,6H2,1H3,(H2,16,22)(H,19,30)/b17-7-. The van der Waals surface area contributed by atoms with Gasteiger partial charge in [0.15, 0.2) is 5.69 Å². The van der Waals surface area contributed by atoms with Gasteiger partial charge >= 0.3 is 5.95 Å². The molecule has 178 valence electrons. The number of anilines is 1. The molecule has 0 spiro atoms. The number of carbonyl (C=O) groups is 1. The molecule has 0 aliphatic carbocycles. The molecule has 4 rings (SSSR count). The molecule has 3 aromatic heterocycles. The van der Waals surface area contributed by atoms with Crippen LogP contribution in [-0.4, -0.2) is 67.0 Å². The molecule has 0 unspecified atom stereocenters. The first-order valence-corrected chi connectivity index (χ1v) is 9.29. The molecule has 0 bridgehead atoms. The second-order valence-electron chi connectivity index (χ2n) is 6.64. The van der Waals surface area contributed by atoms with Gasteiger partial charge in [-0.15, -0.1) is 5.10 Å². The first-order valence-electron chi connectivity index (χ1n) is 9.29. The molecule has 0 radical (unpaired) electrons. The summed E-state index contributed by atoms with van der Waals surface area (Å²) < 4.78 is 5.66. The van der Waals surface area contributed by atoms with Gasteiger partial charge in [-0.05, 0) is 34.3 Å². The molecule has 3 N–H and O–H groups in total. The molecule has 3 heterocycles. The molecule has 35 heavy (non-hydrogen) atoms. The molecule has 1 aromatic carbocycles. The lowest BCUT2D eigenvalue weighted by molar-refractivity contribution is -0.394. The highest BCUT2D eigenvalue weighted by molar-refractivity contribution is 5.99. The van der Waals surface area contributed by atoms with Crippen molar-refractivity contribution in [2.75, 3.05) is 5.73 Å². The Morgan fingerprint density at radius 3 is 2.49 bits per heavy atom. The number of nitrogen functional groups attached to an aromatic ring is 1. The van der Waals surface area contributed by atoms with Crippen LogP contribution in [0.15, 0.2) is 34.0 Å². The van der Waals surface area contributed by atoms with E-state index in [9.17, 15) is 25.0 Å². The average molecular weight is 484 g/mol. The molecule has 0 fully saturated rings. The summed E-state index contributed by atoms with van der Waals surface area (Å²) in [5.41, 5.74) is 8.25. The highest BCUT2D eigenvalue weighted by Crippen LogP contribution is 2.28. The predicted molar refractivity (Wildman–Crippen MR) is 111 cm³/mol.